The van der Waals surface area contributed by atoms with E-state index in [1.54, 1.807) is 0 Å². The third kappa shape index (κ3) is 2.95. The maximum Gasteiger partial charge on any atom is 0.142 e. The van der Waals surface area contributed by atoms with E-state index in [0.29, 0.717) is 0 Å². The van der Waals surface area contributed by atoms with Gasteiger partial charge in [0, 0.05) is 23.8 Å². The van der Waals surface area contributed by atoms with Gasteiger partial charge in [0.15, 0.2) is 0 Å². The Balaban J connectivity index is 2.02. The lowest BCUT2D eigenvalue weighted by atomic mass is 10.1. The largest absolute Gasteiger partial charge is 0.308 e. The van der Waals surface area contributed by atoms with Crippen molar-refractivity contribution in [2.45, 2.75) is 32.9 Å². The van der Waals surface area contributed by atoms with E-state index in [1.807, 2.05) is 36.8 Å². The van der Waals surface area contributed by atoms with Crippen LogP contribution in [0.3, 0.4) is 0 Å². The molecule has 0 aliphatic carbocycles. The van der Waals surface area contributed by atoms with Crippen LogP contribution >= 0.6 is 0 Å². The molecule has 0 aliphatic heterocycles. The Bertz CT molecular complexity index is 753. The maximum atomic E-state index is 4.55. The molecule has 3 aromatic rings. The second kappa shape index (κ2) is 5.30. The number of imidazole rings is 1. The topological polar surface area (TPSA) is 42.7 Å². The third-order valence-corrected chi connectivity index (χ3v) is 3.36. The molecule has 21 heavy (non-hydrogen) atoms. The first kappa shape index (κ1) is 13.8. The Labute approximate surface area is 124 Å². The van der Waals surface area contributed by atoms with Crippen LogP contribution in [0.4, 0.5) is 0 Å². The number of benzene rings is 1. The van der Waals surface area contributed by atoms with E-state index >= 15 is 0 Å². The molecule has 108 valence electrons. The van der Waals surface area contributed by atoms with Crippen molar-refractivity contribution < 1.29 is 0 Å². The van der Waals surface area contributed by atoms with Crippen molar-refractivity contribution in [2.75, 3.05) is 0 Å². The van der Waals surface area contributed by atoms with E-state index in [0.717, 1.165) is 29.0 Å². The normalized spacial score (nSPS) is 12.0. The molecule has 0 amide bonds. The highest BCUT2D eigenvalue weighted by Crippen LogP contribution is 2.19. The fourth-order valence-electron chi connectivity index (χ4n) is 2.27. The van der Waals surface area contributed by atoms with Gasteiger partial charge < -0.3 is 5.32 Å². The molecular weight excluding hydrogens is 260 g/mol. The molecular formula is C17H20N4. The minimum absolute atomic E-state index is 0.0735. The van der Waals surface area contributed by atoms with Gasteiger partial charge in [-0.15, -0.1) is 0 Å². The number of hydrogen-bond donors (Lipinski definition) is 1. The van der Waals surface area contributed by atoms with E-state index in [4.69, 9.17) is 0 Å². The average molecular weight is 280 g/mol. The average Bonchev–Trinajstić information content (AvgIpc) is 2.88. The van der Waals surface area contributed by atoms with Crippen molar-refractivity contribution in [2.24, 2.45) is 0 Å². The van der Waals surface area contributed by atoms with Gasteiger partial charge in [0.25, 0.3) is 0 Å². The van der Waals surface area contributed by atoms with Gasteiger partial charge in [0.05, 0.1) is 11.0 Å². The molecule has 0 saturated carbocycles. The van der Waals surface area contributed by atoms with Crippen LogP contribution in [0.25, 0.3) is 16.9 Å². The minimum atomic E-state index is 0.0735. The fourth-order valence-corrected chi connectivity index (χ4v) is 2.27. The number of para-hydroxylation sites is 2. The molecule has 2 aromatic heterocycles. The molecule has 3 rings (SSSR count). The first-order chi connectivity index (χ1) is 10.0. The molecule has 0 spiro atoms. The van der Waals surface area contributed by atoms with E-state index in [1.165, 1.54) is 0 Å². The van der Waals surface area contributed by atoms with Crippen LogP contribution in [0, 0.1) is 0 Å². The van der Waals surface area contributed by atoms with Crippen LogP contribution in [-0.2, 0) is 6.54 Å². The molecule has 0 bridgehead atoms. The Morgan fingerprint density at radius 2 is 1.86 bits per heavy atom. The predicted octanol–water partition coefficient (Wildman–Crippen LogP) is 3.31. The van der Waals surface area contributed by atoms with Crippen molar-refractivity contribution in [1.29, 1.82) is 0 Å². The maximum absolute atomic E-state index is 4.55. The van der Waals surface area contributed by atoms with Crippen LogP contribution in [0.1, 0.15) is 26.3 Å². The first-order valence-electron chi connectivity index (χ1n) is 7.16. The summed E-state index contributed by atoms with van der Waals surface area (Å²) in [4.78, 5) is 9.00. The number of nitrogens with zero attached hydrogens (tertiary/aromatic N) is 3. The number of pyridine rings is 1. The van der Waals surface area contributed by atoms with E-state index in [-0.39, 0.29) is 5.54 Å². The number of fused-ring (bicyclic) bond motifs is 1. The highest BCUT2D eigenvalue weighted by Gasteiger charge is 2.13. The lowest BCUT2D eigenvalue weighted by Crippen LogP contribution is -2.35. The van der Waals surface area contributed by atoms with Crippen molar-refractivity contribution in [1.82, 2.24) is 19.9 Å². The number of aromatic nitrogens is 3. The SMILES string of the molecule is CC(C)(C)NCc1cccnc1-n1cnc2ccccc21. The molecule has 2 heterocycles. The van der Waals surface area contributed by atoms with Crippen LogP contribution in [0.5, 0.6) is 0 Å². The summed E-state index contributed by atoms with van der Waals surface area (Å²) in [5, 5.41) is 3.51. The van der Waals surface area contributed by atoms with Gasteiger partial charge >= 0.3 is 0 Å². The van der Waals surface area contributed by atoms with Gasteiger partial charge in [-0.05, 0) is 39.0 Å². The highest BCUT2D eigenvalue weighted by atomic mass is 15.1. The Morgan fingerprint density at radius 3 is 2.67 bits per heavy atom. The third-order valence-electron chi connectivity index (χ3n) is 3.36. The molecule has 0 atom stereocenters. The predicted molar refractivity (Wildman–Crippen MR) is 85.5 cm³/mol. The van der Waals surface area contributed by atoms with E-state index < -0.39 is 0 Å². The van der Waals surface area contributed by atoms with Crippen LogP contribution < -0.4 is 5.32 Å². The summed E-state index contributed by atoms with van der Waals surface area (Å²) in [5.41, 5.74) is 3.30. The number of hydrogen-bond acceptors (Lipinski definition) is 3. The van der Waals surface area contributed by atoms with Gasteiger partial charge in [-0.25, -0.2) is 9.97 Å². The van der Waals surface area contributed by atoms with E-state index in [9.17, 15) is 0 Å². The summed E-state index contributed by atoms with van der Waals surface area (Å²) in [6.07, 6.45) is 3.66. The molecule has 0 fully saturated rings. The molecule has 0 radical (unpaired) electrons. The Morgan fingerprint density at radius 1 is 1.05 bits per heavy atom. The zero-order valence-corrected chi connectivity index (χ0v) is 12.7. The number of nitrogens with one attached hydrogen (secondary N) is 1. The van der Waals surface area contributed by atoms with Gasteiger partial charge in [-0.1, -0.05) is 18.2 Å². The van der Waals surface area contributed by atoms with Crippen molar-refractivity contribution >= 4 is 11.0 Å². The molecule has 0 unspecified atom stereocenters. The zero-order valence-electron chi connectivity index (χ0n) is 12.7. The monoisotopic (exact) mass is 280 g/mol. The van der Waals surface area contributed by atoms with Gasteiger partial charge in [-0.3, -0.25) is 4.57 Å². The quantitative estimate of drug-likeness (QED) is 0.800. The lowest BCUT2D eigenvalue weighted by Gasteiger charge is -2.21. The lowest BCUT2D eigenvalue weighted by molar-refractivity contribution is 0.423. The van der Waals surface area contributed by atoms with Crippen molar-refractivity contribution in [3.63, 3.8) is 0 Å². The zero-order chi connectivity index (χ0) is 14.9. The molecule has 0 aliphatic rings. The van der Waals surface area contributed by atoms with Crippen LogP contribution in [0.2, 0.25) is 0 Å². The second-order valence-corrected chi connectivity index (χ2v) is 6.19. The fraction of sp³-hybridized carbons (Fsp3) is 0.294. The molecule has 1 N–H and O–H groups in total. The summed E-state index contributed by atoms with van der Waals surface area (Å²) < 4.78 is 2.05. The molecule has 4 heteroatoms. The van der Waals surface area contributed by atoms with Crippen LogP contribution in [0.15, 0.2) is 48.9 Å². The summed E-state index contributed by atoms with van der Waals surface area (Å²) in [6, 6.07) is 12.2. The molecule has 0 saturated heterocycles. The van der Waals surface area contributed by atoms with Crippen molar-refractivity contribution in [3.05, 3.63) is 54.5 Å². The Hall–Kier alpha value is -2.20. The standard InChI is InChI=1S/C17H20N4/c1-17(2,3)20-11-13-7-6-10-18-16(13)21-12-19-14-8-4-5-9-15(14)21/h4-10,12,20H,11H2,1-3H3. The molecule has 4 nitrogen and oxygen atoms in total. The Kier molecular flexibility index (Phi) is 3.47. The van der Waals surface area contributed by atoms with Crippen LogP contribution in [-0.4, -0.2) is 20.1 Å². The summed E-state index contributed by atoms with van der Waals surface area (Å²) in [7, 11) is 0. The number of rotatable bonds is 3. The highest BCUT2D eigenvalue weighted by molar-refractivity contribution is 5.77. The minimum Gasteiger partial charge on any atom is -0.308 e. The van der Waals surface area contributed by atoms with Gasteiger partial charge in [-0.2, -0.15) is 0 Å². The molecule has 1 aromatic carbocycles. The summed E-state index contributed by atoms with van der Waals surface area (Å²) >= 11 is 0. The van der Waals surface area contributed by atoms with Crippen molar-refractivity contribution in [3.8, 4) is 5.82 Å². The second-order valence-electron chi connectivity index (χ2n) is 6.19. The van der Waals surface area contributed by atoms with E-state index in [2.05, 4.69) is 52.8 Å². The first-order valence-corrected chi connectivity index (χ1v) is 7.16. The van der Waals surface area contributed by atoms with Gasteiger partial charge in [0.2, 0.25) is 0 Å². The summed E-state index contributed by atoms with van der Waals surface area (Å²) in [6.45, 7) is 7.26. The summed E-state index contributed by atoms with van der Waals surface area (Å²) in [5.74, 6) is 0.933. The smallest absolute Gasteiger partial charge is 0.142 e. The van der Waals surface area contributed by atoms with Gasteiger partial charge in [0.1, 0.15) is 12.1 Å².